The van der Waals surface area contributed by atoms with Crippen LogP contribution in [-0.4, -0.2) is 51.1 Å². The standard InChI is InChI=1S/C18H23F3N4O/c1-23-17(26)12-25-7-5-13(6-8-25)11-24(2)16-4-3-14(10-22)9-15(16)18(19,20)21/h3-4,9,13H,5-8,11-12H2,1-2H3,(H,23,26). The molecule has 0 radical (unpaired) electrons. The van der Waals surface area contributed by atoms with Gasteiger partial charge < -0.3 is 10.2 Å². The molecule has 0 spiro atoms. The van der Waals surface area contributed by atoms with Crippen molar-refractivity contribution < 1.29 is 18.0 Å². The monoisotopic (exact) mass is 368 g/mol. The number of rotatable bonds is 5. The van der Waals surface area contributed by atoms with E-state index in [-0.39, 0.29) is 23.1 Å². The number of hydrogen-bond donors (Lipinski definition) is 1. The van der Waals surface area contributed by atoms with Crippen LogP contribution in [0.15, 0.2) is 18.2 Å². The number of hydrogen-bond acceptors (Lipinski definition) is 4. The van der Waals surface area contributed by atoms with Gasteiger partial charge in [-0.1, -0.05) is 0 Å². The highest BCUT2D eigenvalue weighted by Gasteiger charge is 2.35. The first-order chi connectivity index (χ1) is 12.2. The Kier molecular flexibility index (Phi) is 6.48. The van der Waals surface area contributed by atoms with Gasteiger partial charge in [-0.05, 0) is 50.0 Å². The molecule has 8 heteroatoms. The molecular formula is C18H23F3N4O. The van der Waals surface area contributed by atoms with E-state index in [1.54, 1.807) is 25.1 Å². The molecule has 1 aliphatic rings. The quantitative estimate of drug-likeness (QED) is 0.868. The summed E-state index contributed by atoms with van der Waals surface area (Å²) in [5.41, 5.74) is -0.697. The average Bonchev–Trinajstić information content (AvgIpc) is 2.61. The molecule has 0 aliphatic carbocycles. The van der Waals surface area contributed by atoms with Gasteiger partial charge in [0.05, 0.1) is 23.7 Å². The highest BCUT2D eigenvalue weighted by molar-refractivity contribution is 5.77. The second-order valence-corrected chi connectivity index (χ2v) is 6.61. The summed E-state index contributed by atoms with van der Waals surface area (Å²) in [4.78, 5) is 15.1. The lowest BCUT2D eigenvalue weighted by atomic mass is 9.95. The molecule has 0 unspecified atom stereocenters. The largest absolute Gasteiger partial charge is 0.418 e. The Bertz CT molecular complexity index is 676. The van der Waals surface area contributed by atoms with Crippen molar-refractivity contribution in [3.05, 3.63) is 29.3 Å². The minimum Gasteiger partial charge on any atom is -0.374 e. The zero-order valence-corrected chi connectivity index (χ0v) is 14.9. The number of halogens is 3. The predicted octanol–water partition coefficient (Wildman–Crippen LogP) is 2.47. The molecule has 1 saturated heterocycles. The number of nitriles is 1. The zero-order valence-electron chi connectivity index (χ0n) is 14.9. The number of piperidine rings is 1. The Balaban J connectivity index is 2.02. The first kappa shape index (κ1) is 20.0. The number of benzene rings is 1. The highest BCUT2D eigenvalue weighted by atomic mass is 19.4. The number of nitrogens with one attached hydrogen (secondary N) is 1. The van der Waals surface area contributed by atoms with Crippen molar-refractivity contribution in [2.24, 2.45) is 5.92 Å². The molecule has 1 fully saturated rings. The van der Waals surface area contributed by atoms with Crippen molar-refractivity contribution in [1.29, 1.82) is 5.26 Å². The van der Waals surface area contributed by atoms with Crippen molar-refractivity contribution >= 4 is 11.6 Å². The zero-order chi connectivity index (χ0) is 19.3. The number of anilines is 1. The number of amides is 1. The summed E-state index contributed by atoms with van der Waals surface area (Å²) in [5, 5.41) is 11.4. The number of alkyl halides is 3. The van der Waals surface area contributed by atoms with Gasteiger partial charge in [0.25, 0.3) is 0 Å². The Hall–Kier alpha value is -2.27. The minimum atomic E-state index is -4.51. The van der Waals surface area contributed by atoms with Crippen molar-refractivity contribution in [3.8, 4) is 6.07 Å². The third-order valence-electron chi connectivity index (χ3n) is 4.73. The third-order valence-corrected chi connectivity index (χ3v) is 4.73. The lowest BCUT2D eigenvalue weighted by Gasteiger charge is -2.34. The topological polar surface area (TPSA) is 59.4 Å². The molecule has 0 saturated carbocycles. The molecule has 1 amide bonds. The second-order valence-electron chi connectivity index (χ2n) is 6.61. The number of carbonyl (C=O) groups excluding carboxylic acids is 1. The van der Waals surface area contributed by atoms with Gasteiger partial charge in [0, 0.05) is 26.3 Å². The summed E-state index contributed by atoms with van der Waals surface area (Å²) < 4.78 is 40.0. The van der Waals surface area contributed by atoms with Crippen LogP contribution in [0.5, 0.6) is 0 Å². The highest BCUT2D eigenvalue weighted by Crippen LogP contribution is 2.37. The van der Waals surface area contributed by atoms with E-state index in [0.717, 1.165) is 32.0 Å². The van der Waals surface area contributed by atoms with Crippen LogP contribution in [0.3, 0.4) is 0 Å². The SMILES string of the molecule is CNC(=O)CN1CCC(CN(C)c2ccc(C#N)cc2C(F)(F)F)CC1. The minimum absolute atomic E-state index is 0.00279. The van der Waals surface area contributed by atoms with E-state index < -0.39 is 11.7 Å². The molecule has 1 N–H and O–H groups in total. The van der Waals surface area contributed by atoms with E-state index in [2.05, 4.69) is 10.2 Å². The van der Waals surface area contributed by atoms with Gasteiger partial charge in [0.15, 0.2) is 0 Å². The maximum Gasteiger partial charge on any atom is 0.418 e. The molecular weight excluding hydrogens is 345 g/mol. The van der Waals surface area contributed by atoms with Gasteiger partial charge in [0.1, 0.15) is 0 Å². The van der Waals surface area contributed by atoms with Crippen LogP contribution < -0.4 is 10.2 Å². The van der Waals surface area contributed by atoms with E-state index in [9.17, 15) is 18.0 Å². The molecule has 0 atom stereocenters. The normalized spacial score (nSPS) is 16.2. The molecule has 1 aromatic rings. The van der Waals surface area contributed by atoms with Gasteiger partial charge in [-0.25, -0.2) is 0 Å². The lowest BCUT2D eigenvalue weighted by Crippen LogP contribution is -2.42. The van der Waals surface area contributed by atoms with Crippen LogP contribution in [-0.2, 0) is 11.0 Å². The Labute approximate surface area is 151 Å². The number of likely N-dealkylation sites (tertiary alicyclic amines) is 1. The van der Waals surface area contributed by atoms with E-state index in [0.29, 0.717) is 13.1 Å². The molecule has 1 aromatic carbocycles. The average molecular weight is 368 g/mol. The van der Waals surface area contributed by atoms with Crippen molar-refractivity contribution in [3.63, 3.8) is 0 Å². The smallest absolute Gasteiger partial charge is 0.374 e. The third kappa shape index (κ3) is 5.11. The van der Waals surface area contributed by atoms with Crippen LogP contribution >= 0.6 is 0 Å². The van der Waals surface area contributed by atoms with Crippen LogP contribution in [0.1, 0.15) is 24.0 Å². The molecule has 2 rings (SSSR count). The second kappa shape index (κ2) is 8.41. The van der Waals surface area contributed by atoms with Crippen LogP contribution in [0.4, 0.5) is 18.9 Å². The summed E-state index contributed by atoms with van der Waals surface area (Å²) >= 11 is 0. The van der Waals surface area contributed by atoms with E-state index >= 15 is 0 Å². The van der Waals surface area contributed by atoms with Gasteiger partial charge >= 0.3 is 6.18 Å². The summed E-state index contributed by atoms with van der Waals surface area (Å²) in [7, 11) is 3.24. The Morgan fingerprint density at radius 1 is 1.38 bits per heavy atom. The van der Waals surface area contributed by atoms with Crippen molar-refractivity contribution in [2.75, 3.05) is 45.2 Å². The maximum atomic E-state index is 13.3. The number of carbonyl (C=O) groups is 1. The number of likely N-dealkylation sites (N-methyl/N-ethyl adjacent to an activating group) is 1. The first-order valence-electron chi connectivity index (χ1n) is 8.50. The Morgan fingerprint density at radius 2 is 2.04 bits per heavy atom. The van der Waals surface area contributed by atoms with E-state index in [4.69, 9.17) is 5.26 Å². The fourth-order valence-corrected chi connectivity index (χ4v) is 3.26. The molecule has 0 aromatic heterocycles. The maximum absolute atomic E-state index is 13.3. The fraction of sp³-hybridized carbons (Fsp3) is 0.556. The summed E-state index contributed by atoms with van der Waals surface area (Å²) in [5.74, 6) is 0.227. The predicted molar refractivity (Wildman–Crippen MR) is 92.7 cm³/mol. The van der Waals surface area contributed by atoms with Crippen molar-refractivity contribution in [1.82, 2.24) is 10.2 Å². The van der Waals surface area contributed by atoms with Crippen LogP contribution in [0.2, 0.25) is 0 Å². The van der Waals surface area contributed by atoms with Gasteiger partial charge in [-0.15, -0.1) is 0 Å². The summed E-state index contributed by atoms with van der Waals surface area (Å²) in [6.07, 6.45) is -2.84. The summed E-state index contributed by atoms with van der Waals surface area (Å²) in [6.45, 7) is 2.37. The number of nitrogens with zero attached hydrogens (tertiary/aromatic N) is 3. The van der Waals surface area contributed by atoms with Crippen molar-refractivity contribution in [2.45, 2.75) is 19.0 Å². The Morgan fingerprint density at radius 3 is 2.58 bits per heavy atom. The summed E-state index contributed by atoms with van der Waals surface area (Å²) in [6, 6.07) is 5.43. The van der Waals surface area contributed by atoms with E-state index in [1.165, 1.54) is 12.1 Å². The van der Waals surface area contributed by atoms with Crippen LogP contribution in [0, 0.1) is 17.2 Å². The van der Waals surface area contributed by atoms with E-state index in [1.807, 2.05) is 0 Å². The lowest BCUT2D eigenvalue weighted by molar-refractivity contribution is -0.137. The molecule has 5 nitrogen and oxygen atoms in total. The first-order valence-corrected chi connectivity index (χ1v) is 8.50. The van der Waals surface area contributed by atoms with Gasteiger partial charge in [-0.2, -0.15) is 18.4 Å². The fourth-order valence-electron chi connectivity index (χ4n) is 3.26. The van der Waals surface area contributed by atoms with Crippen LogP contribution in [0.25, 0.3) is 0 Å². The molecule has 1 aliphatic heterocycles. The molecule has 1 heterocycles. The molecule has 142 valence electrons. The molecule has 0 bridgehead atoms. The van der Waals surface area contributed by atoms with Gasteiger partial charge in [0.2, 0.25) is 5.91 Å². The van der Waals surface area contributed by atoms with Gasteiger partial charge in [-0.3, -0.25) is 9.69 Å². The molecule has 26 heavy (non-hydrogen) atoms.